The van der Waals surface area contributed by atoms with E-state index in [1.54, 1.807) is 43.3 Å². The zero-order valence-electron chi connectivity index (χ0n) is 23.5. The number of carbonyl (C=O) groups is 1. The fourth-order valence-electron chi connectivity index (χ4n) is 4.20. The molecule has 4 rings (SSSR count). The first kappa shape index (κ1) is 26.4. The summed E-state index contributed by atoms with van der Waals surface area (Å²) in [5, 5.41) is 23.4. The molecule has 1 aliphatic heterocycles. The first-order valence-corrected chi connectivity index (χ1v) is 14.3. The van der Waals surface area contributed by atoms with Crippen LogP contribution in [0.1, 0.15) is 29.7 Å². The van der Waals surface area contributed by atoms with Gasteiger partial charge in [-0.2, -0.15) is 0 Å². The van der Waals surface area contributed by atoms with Crippen LogP contribution in [0.5, 0.6) is 5.75 Å². The predicted molar refractivity (Wildman–Crippen MR) is 145 cm³/mol. The standard InChI is InChI=1S/C26H31N2O9PS/c1-4-34-23(31)16(2)15-38(33,37-19-11-7-9-17-8-5-6-10-18(17)19)35-14-20-22(30)26(3,32)24(36-20)28-13-12-21(29)27-25(28)39/h5-13,16,20,22,24,30,32H,4,14-15H2,1-3H3,(H,27,29,39)/t16-,20-,22+,24-,26?,38-/m1/s1/i14D2. The van der Waals surface area contributed by atoms with Crippen molar-refractivity contribution in [3.63, 3.8) is 0 Å². The van der Waals surface area contributed by atoms with Gasteiger partial charge in [0.15, 0.2) is 11.0 Å². The number of carbonyl (C=O) groups excluding carboxylic acids is 1. The predicted octanol–water partition coefficient (Wildman–Crippen LogP) is 3.56. The highest BCUT2D eigenvalue weighted by atomic mass is 32.1. The Kier molecular flexibility index (Phi) is 7.92. The summed E-state index contributed by atoms with van der Waals surface area (Å²) in [6.45, 7) is 1.29. The van der Waals surface area contributed by atoms with Crippen molar-refractivity contribution >= 4 is 36.6 Å². The summed E-state index contributed by atoms with van der Waals surface area (Å²) in [6, 6.07) is 13.2. The van der Waals surface area contributed by atoms with E-state index in [0.717, 1.165) is 16.0 Å². The SMILES string of the molecule is [2H]C([2H])(O[P@](=O)(C[C@@H](C)C(=O)OCC)Oc1cccc2ccccc12)[C@H]1O[C@@H](n2ccc(=O)[nH]c2=S)C(C)(O)[C@H]1O. The van der Waals surface area contributed by atoms with Gasteiger partial charge in [-0.05, 0) is 37.5 Å². The van der Waals surface area contributed by atoms with E-state index >= 15 is 0 Å². The topological polar surface area (TPSA) is 149 Å². The summed E-state index contributed by atoms with van der Waals surface area (Å²) in [5.41, 5.74) is -2.64. The second-order valence-corrected chi connectivity index (χ2v) is 11.7. The van der Waals surface area contributed by atoms with Crippen molar-refractivity contribution in [2.24, 2.45) is 5.92 Å². The van der Waals surface area contributed by atoms with E-state index in [1.807, 2.05) is 0 Å². The van der Waals surface area contributed by atoms with E-state index in [2.05, 4.69) is 4.98 Å². The van der Waals surface area contributed by atoms with Crippen LogP contribution in [0.3, 0.4) is 0 Å². The Morgan fingerprint density at radius 1 is 1.31 bits per heavy atom. The molecular weight excluding hydrogens is 547 g/mol. The fraction of sp³-hybridized carbons (Fsp3) is 0.423. The lowest BCUT2D eigenvalue weighted by Crippen LogP contribution is -2.44. The lowest BCUT2D eigenvalue weighted by Gasteiger charge is -2.28. The van der Waals surface area contributed by atoms with Crippen molar-refractivity contribution in [3.05, 3.63) is 69.9 Å². The number of ether oxygens (including phenoxy) is 2. The van der Waals surface area contributed by atoms with E-state index in [-0.39, 0.29) is 17.1 Å². The molecule has 13 heteroatoms. The molecule has 0 bridgehead atoms. The number of hydrogen-bond acceptors (Lipinski definition) is 10. The zero-order valence-corrected chi connectivity index (χ0v) is 23.2. The molecule has 0 spiro atoms. The average Bonchev–Trinajstić information content (AvgIpc) is 3.13. The van der Waals surface area contributed by atoms with Crippen molar-refractivity contribution in [1.29, 1.82) is 0 Å². The van der Waals surface area contributed by atoms with E-state index in [1.165, 1.54) is 26.1 Å². The molecule has 0 amide bonds. The fourth-order valence-corrected chi connectivity index (χ4v) is 6.19. The Hall–Kier alpha value is -2.86. The number of aliphatic hydroxyl groups is 2. The molecular formula is C26H31N2O9PS. The quantitative estimate of drug-likeness (QED) is 0.185. The number of rotatable bonds is 10. The van der Waals surface area contributed by atoms with Crippen LogP contribution in [-0.2, 0) is 23.4 Å². The molecule has 1 unspecified atom stereocenters. The second kappa shape index (κ2) is 11.7. The molecule has 1 aromatic heterocycles. The van der Waals surface area contributed by atoms with Gasteiger partial charge in [0.05, 0.1) is 28.0 Å². The smallest absolute Gasteiger partial charge is 0.380 e. The van der Waals surface area contributed by atoms with Crippen molar-refractivity contribution in [3.8, 4) is 5.75 Å². The molecule has 11 nitrogen and oxygen atoms in total. The molecule has 39 heavy (non-hydrogen) atoms. The summed E-state index contributed by atoms with van der Waals surface area (Å²) >= 11 is 5.14. The number of fused-ring (bicyclic) bond motifs is 1. The summed E-state index contributed by atoms with van der Waals surface area (Å²) in [6.07, 6.45) is -4.62. The van der Waals surface area contributed by atoms with Crippen molar-refractivity contribution < 1.29 is 40.8 Å². The molecule has 1 saturated heterocycles. The third-order valence-electron chi connectivity index (χ3n) is 6.25. The summed E-state index contributed by atoms with van der Waals surface area (Å²) in [4.78, 5) is 26.4. The first-order chi connectivity index (χ1) is 19.2. The van der Waals surface area contributed by atoms with Gasteiger partial charge in [0.2, 0.25) is 0 Å². The Labute approximate surface area is 232 Å². The number of hydrogen-bond donors (Lipinski definition) is 3. The number of nitrogens with zero attached hydrogens (tertiary/aromatic N) is 1. The number of benzene rings is 2. The van der Waals surface area contributed by atoms with Crippen LogP contribution in [0.4, 0.5) is 0 Å². The van der Waals surface area contributed by atoms with Crippen LogP contribution >= 0.6 is 19.8 Å². The molecule has 0 saturated carbocycles. The number of esters is 1. The van der Waals surface area contributed by atoms with Crippen LogP contribution in [0.2, 0.25) is 0 Å². The highest BCUT2D eigenvalue weighted by Gasteiger charge is 2.53. The monoisotopic (exact) mass is 580 g/mol. The minimum Gasteiger partial charge on any atom is -0.466 e. The Morgan fingerprint density at radius 2 is 2.03 bits per heavy atom. The van der Waals surface area contributed by atoms with Gasteiger partial charge in [0, 0.05) is 17.6 Å². The first-order valence-electron chi connectivity index (χ1n) is 13.2. The van der Waals surface area contributed by atoms with Crippen LogP contribution in [0.15, 0.2) is 59.5 Å². The third kappa shape index (κ3) is 6.32. The molecule has 2 heterocycles. The summed E-state index contributed by atoms with van der Waals surface area (Å²) in [7, 11) is -4.55. The second-order valence-electron chi connectivity index (χ2n) is 9.32. The van der Waals surface area contributed by atoms with E-state index < -0.39 is 61.8 Å². The zero-order chi connectivity index (χ0) is 30.2. The van der Waals surface area contributed by atoms with E-state index in [0.29, 0.717) is 5.39 Å². The van der Waals surface area contributed by atoms with Gasteiger partial charge in [-0.15, -0.1) is 0 Å². The molecule has 3 N–H and O–H groups in total. The lowest BCUT2D eigenvalue weighted by atomic mass is 9.96. The minimum absolute atomic E-state index is 0.0746. The molecule has 2 aromatic carbocycles. The number of H-pyrrole nitrogens is 1. The van der Waals surface area contributed by atoms with Crippen LogP contribution in [0.25, 0.3) is 10.8 Å². The van der Waals surface area contributed by atoms with Gasteiger partial charge in [-0.3, -0.25) is 23.7 Å². The average molecular weight is 581 g/mol. The largest absolute Gasteiger partial charge is 0.466 e. The Balaban J connectivity index is 1.70. The van der Waals surface area contributed by atoms with Gasteiger partial charge in [-0.25, -0.2) is 4.57 Å². The normalized spacial score (nSPS) is 26.3. The number of aromatic amines is 1. The maximum Gasteiger partial charge on any atom is 0.380 e. The van der Waals surface area contributed by atoms with Crippen molar-refractivity contribution in [2.75, 3.05) is 19.3 Å². The van der Waals surface area contributed by atoms with Crippen LogP contribution in [-0.4, -0.2) is 62.9 Å². The van der Waals surface area contributed by atoms with E-state index in [4.69, 9.17) is 33.5 Å². The molecule has 1 fully saturated rings. The minimum atomic E-state index is -4.55. The number of aliphatic hydroxyl groups excluding tert-OH is 1. The maximum absolute atomic E-state index is 14.3. The lowest BCUT2D eigenvalue weighted by molar-refractivity contribution is -0.146. The summed E-state index contributed by atoms with van der Waals surface area (Å²) < 4.78 is 54.8. The highest BCUT2D eigenvalue weighted by molar-refractivity contribution is 7.71. The van der Waals surface area contributed by atoms with Crippen molar-refractivity contribution in [1.82, 2.24) is 9.55 Å². The molecule has 210 valence electrons. The van der Waals surface area contributed by atoms with Gasteiger partial charge in [0.1, 0.15) is 23.6 Å². The van der Waals surface area contributed by atoms with Gasteiger partial charge in [-0.1, -0.05) is 43.3 Å². The van der Waals surface area contributed by atoms with Gasteiger partial charge < -0.3 is 24.2 Å². The number of aromatic nitrogens is 2. The molecule has 6 atom stereocenters. The maximum atomic E-state index is 14.3. The molecule has 3 aromatic rings. The van der Waals surface area contributed by atoms with Gasteiger partial charge >= 0.3 is 13.6 Å². The summed E-state index contributed by atoms with van der Waals surface area (Å²) in [5.74, 6) is -1.59. The Morgan fingerprint density at radius 3 is 2.74 bits per heavy atom. The molecule has 1 aliphatic rings. The highest BCUT2D eigenvalue weighted by Crippen LogP contribution is 2.52. The molecule has 0 aliphatic carbocycles. The van der Waals surface area contributed by atoms with Gasteiger partial charge in [0.25, 0.3) is 5.56 Å². The van der Waals surface area contributed by atoms with E-state index in [9.17, 15) is 24.4 Å². The van der Waals surface area contributed by atoms with Crippen molar-refractivity contribution in [2.45, 2.75) is 44.8 Å². The van der Waals surface area contributed by atoms with Crippen LogP contribution in [0, 0.1) is 10.7 Å². The van der Waals surface area contributed by atoms with Crippen LogP contribution < -0.4 is 10.1 Å². The molecule has 0 radical (unpaired) electrons. The third-order valence-corrected chi connectivity index (χ3v) is 8.41. The number of nitrogens with one attached hydrogen (secondary N) is 1. The Bertz CT molecular complexity index is 1590.